The maximum Gasteiger partial charge on any atom is 0.229 e. The number of carbonyl (C=O) groups is 2. The van der Waals surface area contributed by atoms with Crippen molar-refractivity contribution in [1.82, 2.24) is 9.21 Å². The molecule has 0 aromatic heterocycles. The number of benzene rings is 1. The van der Waals surface area contributed by atoms with E-state index in [0.717, 1.165) is 4.90 Å². The second kappa shape index (κ2) is 7.63. The molecule has 2 aliphatic rings. The van der Waals surface area contributed by atoms with Gasteiger partial charge in [0.15, 0.2) is 0 Å². The van der Waals surface area contributed by atoms with E-state index in [9.17, 15) is 23.1 Å². The Hall–Kier alpha value is -2.13. The monoisotopic (exact) mass is 381 g/mol. The van der Waals surface area contributed by atoms with Crippen molar-refractivity contribution in [3.05, 3.63) is 24.3 Å². The molecule has 8 nitrogen and oxygen atoms in total. The highest BCUT2D eigenvalue weighted by Gasteiger charge is 2.31. The summed E-state index contributed by atoms with van der Waals surface area (Å²) in [4.78, 5) is 26.6. The van der Waals surface area contributed by atoms with Crippen molar-refractivity contribution >= 4 is 27.5 Å². The average molecular weight is 381 g/mol. The van der Waals surface area contributed by atoms with Crippen LogP contribution in [0.2, 0.25) is 0 Å². The van der Waals surface area contributed by atoms with Crippen LogP contribution in [0, 0.1) is 0 Å². The number of hydrogen-bond donors (Lipinski definition) is 1. The maximum absolute atomic E-state index is 12.6. The Morgan fingerprint density at radius 3 is 2.19 bits per heavy atom. The molecule has 9 heteroatoms. The molecule has 0 bridgehead atoms. The van der Waals surface area contributed by atoms with Crippen LogP contribution >= 0.6 is 0 Å². The molecule has 1 aromatic rings. The van der Waals surface area contributed by atoms with Crippen molar-refractivity contribution in [2.24, 2.45) is 0 Å². The van der Waals surface area contributed by atoms with E-state index in [1.165, 1.54) is 4.31 Å². The van der Waals surface area contributed by atoms with Crippen molar-refractivity contribution in [1.29, 1.82) is 0 Å². The maximum atomic E-state index is 12.6. The Morgan fingerprint density at radius 1 is 0.962 bits per heavy atom. The molecule has 0 spiro atoms. The molecule has 1 N–H and O–H groups in total. The molecule has 0 radical (unpaired) electrons. The van der Waals surface area contributed by atoms with Crippen LogP contribution in [-0.2, 0) is 19.6 Å². The molecule has 3 rings (SSSR count). The highest BCUT2D eigenvalue weighted by Crippen LogP contribution is 2.27. The number of piperazine rings is 1. The highest BCUT2D eigenvalue weighted by atomic mass is 32.2. The largest absolute Gasteiger partial charge is 0.506 e. The van der Waals surface area contributed by atoms with Crippen LogP contribution in [0.3, 0.4) is 0 Å². The molecule has 1 aromatic carbocycles. The van der Waals surface area contributed by atoms with Crippen LogP contribution in [0.15, 0.2) is 24.3 Å². The van der Waals surface area contributed by atoms with Crippen LogP contribution in [0.5, 0.6) is 5.75 Å². The first-order chi connectivity index (χ1) is 12.4. The van der Waals surface area contributed by atoms with Gasteiger partial charge in [-0.1, -0.05) is 12.1 Å². The first kappa shape index (κ1) is 18.7. The van der Waals surface area contributed by atoms with Gasteiger partial charge in [0.2, 0.25) is 21.8 Å². The van der Waals surface area contributed by atoms with Gasteiger partial charge in [0, 0.05) is 45.6 Å². The predicted molar refractivity (Wildman–Crippen MR) is 96.3 cm³/mol. The smallest absolute Gasteiger partial charge is 0.229 e. The fourth-order valence-electron chi connectivity index (χ4n) is 3.32. The van der Waals surface area contributed by atoms with E-state index >= 15 is 0 Å². The first-order valence-corrected chi connectivity index (χ1v) is 10.3. The third kappa shape index (κ3) is 3.99. The van der Waals surface area contributed by atoms with Gasteiger partial charge >= 0.3 is 0 Å². The van der Waals surface area contributed by atoms with E-state index < -0.39 is 10.0 Å². The summed E-state index contributed by atoms with van der Waals surface area (Å²) in [5.74, 6) is -0.659. The van der Waals surface area contributed by atoms with Crippen molar-refractivity contribution in [3.8, 4) is 5.75 Å². The minimum absolute atomic E-state index is 0.0836. The lowest BCUT2D eigenvalue weighted by atomic mass is 10.1. The average Bonchev–Trinajstić information content (AvgIpc) is 2.62. The lowest BCUT2D eigenvalue weighted by Crippen LogP contribution is -2.51. The van der Waals surface area contributed by atoms with Gasteiger partial charge in [0.05, 0.1) is 11.4 Å². The number of sulfonamides is 1. The van der Waals surface area contributed by atoms with E-state index in [-0.39, 0.29) is 29.9 Å². The van der Waals surface area contributed by atoms with Crippen LogP contribution in [0.1, 0.15) is 19.3 Å². The summed E-state index contributed by atoms with van der Waals surface area (Å²) in [7, 11) is -3.55. The number of aromatic hydroxyl groups is 1. The molecule has 0 atom stereocenters. The number of imide groups is 1. The Kier molecular flexibility index (Phi) is 5.47. The molecule has 2 aliphatic heterocycles. The normalized spacial score (nSPS) is 19.8. The molecular weight excluding hydrogens is 358 g/mol. The van der Waals surface area contributed by atoms with Crippen molar-refractivity contribution < 1.29 is 23.1 Å². The number of carbonyl (C=O) groups excluding carboxylic acids is 2. The number of anilines is 1. The fraction of sp³-hybridized carbons (Fsp3) is 0.529. The summed E-state index contributed by atoms with van der Waals surface area (Å²) in [6.07, 6.45) is 1.13. The molecular formula is C17H23N3O5S. The Morgan fingerprint density at radius 2 is 1.58 bits per heavy atom. The number of phenolic OH excluding ortho intramolecular Hbond substituents is 1. The van der Waals surface area contributed by atoms with Crippen LogP contribution in [-0.4, -0.2) is 73.0 Å². The molecule has 2 heterocycles. The van der Waals surface area contributed by atoms with E-state index in [4.69, 9.17) is 0 Å². The zero-order valence-electron chi connectivity index (χ0n) is 14.5. The second-order valence-electron chi connectivity index (χ2n) is 6.48. The van der Waals surface area contributed by atoms with Gasteiger partial charge in [-0.25, -0.2) is 8.42 Å². The van der Waals surface area contributed by atoms with Gasteiger partial charge in [-0.2, -0.15) is 4.31 Å². The van der Waals surface area contributed by atoms with Gasteiger partial charge in [-0.05, 0) is 18.6 Å². The summed E-state index contributed by atoms with van der Waals surface area (Å²) >= 11 is 0. The number of phenols is 1. The highest BCUT2D eigenvalue weighted by molar-refractivity contribution is 7.89. The van der Waals surface area contributed by atoms with Gasteiger partial charge in [0.25, 0.3) is 0 Å². The number of likely N-dealkylation sites (tertiary alicyclic amines) is 1. The van der Waals surface area contributed by atoms with E-state index in [2.05, 4.69) is 0 Å². The summed E-state index contributed by atoms with van der Waals surface area (Å²) < 4.78 is 26.5. The Bertz CT molecular complexity index is 771. The third-order valence-corrected chi connectivity index (χ3v) is 6.66. The molecule has 142 valence electrons. The number of piperidine rings is 1. The van der Waals surface area contributed by atoms with Crippen molar-refractivity contribution in [2.45, 2.75) is 19.3 Å². The second-order valence-corrected chi connectivity index (χ2v) is 8.57. The number of para-hydroxylation sites is 2. The van der Waals surface area contributed by atoms with Crippen LogP contribution in [0.25, 0.3) is 0 Å². The van der Waals surface area contributed by atoms with E-state index in [1.807, 2.05) is 11.0 Å². The summed E-state index contributed by atoms with van der Waals surface area (Å²) in [6.45, 7) is 1.47. The molecule has 26 heavy (non-hydrogen) atoms. The molecule has 2 fully saturated rings. The Labute approximate surface area is 153 Å². The number of nitrogens with zero attached hydrogens (tertiary/aromatic N) is 3. The Balaban J connectivity index is 1.57. The number of rotatable bonds is 5. The molecule has 2 amide bonds. The summed E-state index contributed by atoms with van der Waals surface area (Å²) in [6, 6.07) is 6.96. The number of amides is 2. The number of hydrogen-bond acceptors (Lipinski definition) is 6. The van der Waals surface area contributed by atoms with E-state index in [1.54, 1.807) is 18.2 Å². The zero-order chi connectivity index (χ0) is 18.7. The minimum Gasteiger partial charge on any atom is -0.506 e. The first-order valence-electron chi connectivity index (χ1n) is 8.72. The molecule has 0 saturated carbocycles. The van der Waals surface area contributed by atoms with E-state index in [0.29, 0.717) is 51.1 Å². The molecule has 2 saturated heterocycles. The van der Waals surface area contributed by atoms with Gasteiger partial charge in [-0.3, -0.25) is 14.5 Å². The quantitative estimate of drug-likeness (QED) is 0.741. The molecule has 0 unspecified atom stereocenters. The van der Waals surface area contributed by atoms with Gasteiger partial charge in [0.1, 0.15) is 5.75 Å². The lowest BCUT2D eigenvalue weighted by Gasteiger charge is -2.36. The minimum atomic E-state index is -3.55. The van der Waals surface area contributed by atoms with Gasteiger partial charge < -0.3 is 10.0 Å². The predicted octanol–water partition coefficient (Wildman–Crippen LogP) is 0.383. The summed E-state index contributed by atoms with van der Waals surface area (Å²) in [5, 5.41) is 9.92. The van der Waals surface area contributed by atoms with Crippen LogP contribution in [0.4, 0.5) is 5.69 Å². The fourth-order valence-corrected chi connectivity index (χ4v) is 4.71. The van der Waals surface area contributed by atoms with Crippen molar-refractivity contribution in [2.75, 3.05) is 43.4 Å². The lowest BCUT2D eigenvalue weighted by molar-refractivity contribution is -0.147. The topological polar surface area (TPSA) is 98.2 Å². The zero-order valence-corrected chi connectivity index (χ0v) is 15.3. The van der Waals surface area contributed by atoms with Crippen molar-refractivity contribution in [3.63, 3.8) is 0 Å². The summed E-state index contributed by atoms with van der Waals surface area (Å²) in [5.41, 5.74) is 0.689. The van der Waals surface area contributed by atoms with Crippen LogP contribution < -0.4 is 4.90 Å². The third-order valence-electron chi connectivity index (χ3n) is 4.81. The standard InChI is InChI=1S/C17H23N3O5S/c21-15-5-2-1-4-14(15)18-8-10-19(11-9-18)26(24,25)13-12-20-16(22)6-3-7-17(20)23/h1-2,4-5,21H,3,6-13H2. The SMILES string of the molecule is O=C1CCCC(=O)N1CCS(=O)(=O)N1CCN(c2ccccc2O)CC1. The van der Waals surface area contributed by atoms with Gasteiger partial charge in [-0.15, -0.1) is 0 Å². The molecule has 0 aliphatic carbocycles.